The lowest BCUT2D eigenvalue weighted by Gasteiger charge is -2.25. The van der Waals surface area contributed by atoms with Gasteiger partial charge in [0.15, 0.2) is 0 Å². The van der Waals surface area contributed by atoms with Gasteiger partial charge in [0.1, 0.15) is 17.2 Å². The molecule has 3 aromatic rings. The van der Waals surface area contributed by atoms with Crippen LogP contribution in [0.5, 0.6) is 17.2 Å². The highest BCUT2D eigenvalue weighted by Gasteiger charge is 2.31. The fraction of sp³-hybridized carbons (Fsp3) is 0.208. The summed E-state index contributed by atoms with van der Waals surface area (Å²) >= 11 is 6.27. The highest BCUT2D eigenvalue weighted by Crippen LogP contribution is 2.40. The van der Waals surface area contributed by atoms with Gasteiger partial charge in [-0.05, 0) is 65.7 Å². The smallest absolute Gasteiger partial charge is 0.122 e. The summed E-state index contributed by atoms with van der Waals surface area (Å²) in [7, 11) is 4.97. The molecule has 0 fully saturated rings. The van der Waals surface area contributed by atoms with E-state index in [1.807, 2.05) is 71.7 Å². The van der Waals surface area contributed by atoms with Crippen LogP contribution in [-0.4, -0.2) is 27.0 Å². The Morgan fingerprint density at radius 3 is 2.10 bits per heavy atom. The van der Waals surface area contributed by atoms with Crippen molar-refractivity contribution in [2.75, 3.05) is 26.3 Å². The number of ether oxygens (including phenoxy) is 3. The average molecular weight is 423 g/mol. The van der Waals surface area contributed by atoms with Crippen LogP contribution in [0.1, 0.15) is 23.6 Å². The predicted octanol–water partition coefficient (Wildman–Crippen LogP) is 5.72. The van der Waals surface area contributed by atoms with Crippen LogP contribution in [0.25, 0.3) is 0 Å². The van der Waals surface area contributed by atoms with E-state index in [0.29, 0.717) is 5.02 Å². The molecule has 0 bridgehead atoms. The van der Waals surface area contributed by atoms with Crippen LogP contribution < -0.4 is 19.2 Å². The molecule has 0 N–H and O–H groups in total. The molecule has 0 amide bonds. The Kier molecular flexibility index (Phi) is 5.81. The summed E-state index contributed by atoms with van der Waals surface area (Å²) in [6, 6.07) is 21.6. The standard InChI is InChI=1S/C24H23ClN2O3/c1-28-20-9-7-16(8-10-20)23-15-24(17-11-21(29-2)14-22(12-17)30-3)27(26-23)19-6-4-5-18(25)13-19/h4-14,24H,15H2,1-3H3. The van der Waals surface area contributed by atoms with Gasteiger partial charge < -0.3 is 14.2 Å². The van der Waals surface area contributed by atoms with Crippen molar-refractivity contribution in [3.8, 4) is 17.2 Å². The Labute approximate surface area is 181 Å². The summed E-state index contributed by atoms with van der Waals surface area (Å²) in [6.45, 7) is 0. The maximum absolute atomic E-state index is 6.27. The second-order valence-electron chi connectivity index (χ2n) is 6.97. The molecule has 154 valence electrons. The minimum absolute atomic E-state index is 0.0235. The second kappa shape index (κ2) is 8.67. The van der Waals surface area contributed by atoms with Crippen molar-refractivity contribution in [2.45, 2.75) is 12.5 Å². The molecular weight excluding hydrogens is 400 g/mol. The SMILES string of the molecule is COc1ccc(C2=NN(c3cccc(Cl)c3)C(c3cc(OC)cc(OC)c3)C2)cc1. The first-order chi connectivity index (χ1) is 14.6. The molecule has 0 radical (unpaired) electrons. The van der Waals surface area contributed by atoms with Crippen LogP contribution in [0.15, 0.2) is 71.8 Å². The van der Waals surface area contributed by atoms with Gasteiger partial charge >= 0.3 is 0 Å². The van der Waals surface area contributed by atoms with Crippen molar-refractivity contribution in [3.05, 3.63) is 82.9 Å². The van der Waals surface area contributed by atoms with E-state index in [2.05, 4.69) is 0 Å². The average Bonchev–Trinajstić information content (AvgIpc) is 3.24. The first-order valence-corrected chi connectivity index (χ1v) is 9.98. The van der Waals surface area contributed by atoms with Gasteiger partial charge in [-0.1, -0.05) is 17.7 Å². The highest BCUT2D eigenvalue weighted by molar-refractivity contribution is 6.30. The van der Waals surface area contributed by atoms with E-state index in [9.17, 15) is 0 Å². The summed E-state index contributed by atoms with van der Waals surface area (Å²) in [6.07, 6.45) is 0.731. The monoisotopic (exact) mass is 422 g/mol. The van der Waals surface area contributed by atoms with Crippen LogP contribution in [0.2, 0.25) is 5.02 Å². The quantitative estimate of drug-likeness (QED) is 0.509. The molecule has 0 saturated carbocycles. The lowest BCUT2D eigenvalue weighted by Crippen LogP contribution is -2.18. The van der Waals surface area contributed by atoms with Crippen molar-refractivity contribution < 1.29 is 14.2 Å². The molecule has 5 nitrogen and oxygen atoms in total. The van der Waals surface area contributed by atoms with Crippen LogP contribution in [0.3, 0.4) is 0 Å². The molecule has 0 aromatic heterocycles. The largest absolute Gasteiger partial charge is 0.497 e. The van der Waals surface area contributed by atoms with E-state index in [1.165, 1.54) is 0 Å². The zero-order chi connectivity index (χ0) is 21.1. The molecule has 1 unspecified atom stereocenters. The molecule has 1 aliphatic rings. The van der Waals surface area contributed by atoms with Crippen LogP contribution >= 0.6 is 11.6 Å². The molecular formula is C24H23ClN2O3. The van der Waals surface area contributed by atoms with Crippen molar-refractivity contribution >= 4 is 23.0 Å². The van der Waals surface area contributed by atoms with Gasteiger partial charge in [0.2, 0.25) is 0 Å². The minimum atomic E-state index is -0.0235. The maximum atomic E-state index is 6.27. The molecule has 3 aromatic carbocycles. The number of hydrazone groups is 1. The van der Waals surface area contributed by atoms with Gasteiger partial charge in [-0.2, -0.15) is 5.10 Å². The van der Waals surface area contributed by atoms with Gasteiger partial charge in [-0.3, -0.25) is 5.01 Å². The minimum Gasteiger partial charge on any atom is -0.497 e. The summed E-state index contributed by atoms with van der Waals surface area (Å²) in [5.41, 5.74) is 4.03. The van der Waals surface area contributed by atoms with E-state index in [4.69, 9.17) is 30.9 Å². The van der Waals surface area contributed by atoms with Crippen molar-refractivity contribution in [2.24, 2.45) is 5.10 Å². The number of nitrogens with zero attached hydrogens (tertiary/aromatic N) is 2. The lowest BCUT2D eigenvalue weighted by atomic mass is 9.97. The first kappa shape index (κ1) is 20.1. The van der Waals surface area contributed by atoms with Crippen LogP contribution in [-0.2, 0) is 0 Å². The fourth-order valence-electron chi connectivity index (χ4n) is 3.61. The van der Waals surface area contributed by atoms with Crippen molar-refractivity contribution in [1.82, 2.24) is 0 Å². The van der Waals surface area contributed by atoms with Crippen molar-refractivity contribution in [3.63, 3.8) is 0 Å². The first-order valence-electron chi connectivity index (χ1n) is 9.61. The summed E-state index contributed by atoms with van der Waals surface area (Å²) in [5, 5.41) is 7.65. The van der Waals surface area contributed by atoms with Crippen molar-refractivity contribution in [1.29, 1.82) is 0 Å². The van der Waals surface area contributed by atoms with Crippen LogP contribution in [0, 0.1) is 0 Å². The molecule has 1 atom stereocenters. The van der Waals surface area contributed by atoms with E-state index in [0.717, 1.165) is 46.2 Å². The number of anilines is 1. The lowest BCUT2D eigenvalue weighted by molar-refractivity contribution is 0.392. The molecule has 30 heavy (non-hydrogen) atoms. The number of methoxy groups -OCH3 is 3. The molecule has 0 spiro atoms. The molecule has 6 heteroatoms. The van der Waals surface area contributed by atoms with E-state index in [1.54, 1.807) is 21.3 Å². The number of hydrogen-bond donors (Lipinski definition) is 0. The normalized spacial score (nSPS) is 15.7. The summed E-state index contributed by atoms with van der Waals surface area (Å²) in [5.74, 6) is 2.31. The highest BCUT2D eigenvalue weighted by atomic mass is 35.5. The number of hydrogen-bond acceptors (Lipinski definition) is 5. The third-order valence-electron chi connectivity index (χ3n) is 5.16. The second-order valence-corrected chi connectivity index (χ2v) is 7.40. The van der Waals surface area contributed by atoms with Gasteiger partial charge in [-0.15, -0.1) is 0 Å². The van der Waals surface area contributed by atoms with Crippen LogP contribution in [0.4, 0.5) is 5.69 Å². The predicted molar refractivity (Wildman–Crippen MR) is 120 cm³/mol. The van der Waals surface area contributed by atoms with E-state index >= 15 is 0 Å². The van der Waals surface area contributed by atoms with Gasteiger partial charge in [-0.25, -0.2) is 0 Å². The third-order valence-corrected chi connectivity index (χ3v) is 5.40. The maximum Gasteiger partial charge on any atom is 0.122 e. The van der Waals surface area contributed by atoms with Gasteiger partial charge in [0.05, 0.1) is 38.8 Å². The Bertz CT molecular complexity index is 1040. The molecule has 0 aliphatic carbocycles. The zero-order valence-electron chi connectivity index (χ0n) is 17.1. The van der Waals surface area contributed by atoms with E-state index < -0.39 is 0 Å². The Hall–Kier alpha value is -3.18. The fourth-order valence-corrected chi connectivity index (χ4v) is 3.79. The summed E-state index contributed by atoms with van der Waals surface area (Å²) < 4.78 is 16.3. The van der Waals surface area contributed by atoms with Gasteiger partial charge in [0, 0.05) is 17.5 Å². The Balaban J connectivity index is 1.77. The molecule has 0 saturated heterocycles. The Morgan fingerprint density at radius 2 is 1.50 bits per heavy atom. The molecule has 1 heterocycles. The Morgan fingerprint density at radius 1 is 0.833 bits per heavy atom. The number of rotatable bonds is 6. The summed E-state index contributed by atoms with van der Waals surface area (Å²) in [4.78, 5) is 0. The third kappa shape index (κ3) is 4.07. The number of halogens is 1. The zero-order valence-corrected chi connectivity index (χ0v) is 17.9. The molecule has 4 rings (SSSR count). The number of benzene rings is 3. The van der Waals surface area contributed by atoms with Gasteiger partial charge in [0.25, 0.3) is 0 Å². The topological polar surface area (TPSA) is 43.3 Å². The molecule has 1 aliphatic heterocycles. The van der Waals surface area contributed by atoms with E-state index in [-0.39, 0.29) is 6.04 Å².